The molecule has 0 radical (unpaired) electrons. The van der Waals surface area contributed by atoms with Gasteiger partial charge in [-0.15, -0.1) is 11.3 Å². The highest BCUT2D eigenvalue weighted by Crippen LogP contribution is 2.45. The summed E-state index contributed by atoms with van der Waals surface area (Å²) in [6.07, 6.45) is 0. The van der Waals surface area contributed by atoms with Crippen LogP contribution in [0.25, 0.3) is 64.7 Å². The van der Waals surface area contributed by atoms with E-state index in [-0.39, 0.29) is 0 Å². The van der Waals surface area contributed by atoms with Gasteiger partial charge >= 0.3 is 0 Å². The number of para-hydroxylation sites is 2. The van der Waals surface area contributed by atoms with Crippen molar-refractivity contribution in [1.82, 2.24) is 0 Å². The molecule has 0 aliphatic carbocycles. The molecular formula is C48H33NS. The Morgan fingerprint density at radius 1 is 0.300 bits per heavy atom. The molecular weight excluding hydrogens is 623 g/mol. The van der Waals surface area contributed by atoms with E-state index in [0.29, 0.717) is 0 Å². The highest BCUT2D eigenvalue weighted by Gasteiger charge is 2.20. The molecule has 9 aromatic rings. The highest BCUT2D eigenvalue weighted by atomic mass is 32.1. The second kappa shape index (κ2) is 13.0. The molecule has 9 rings (SSSR count). The summed E-state index contributed by atoms with van der Waals surface area (Å²) < 4.78 is 2.65. The minimum atomic E-state index is 1.11. The second-order valence-electron chi connectivity index (χ2n) is 12.5. The number of nitrogens with zero attached hydrogens (tertiary/aromatic N) is 1. The molecule has 0 amide bonds. The summed E-state index contributed by atoms with van der Waals surface area (Å²) in [5.74, 6) is 0. The van der Waals surface area contributed by atoms with Crippen LogP contribution in [0.4, 0.5) is 17.1 Å². The maximum absolute atomic E-state index is 2.38. The quantitative estimate of drug-likeness (QED) is 0.165. The lowest BCUT2D eigenvalue weighted by Gasteiger charge is -2.28. The van der Waals surface area contributed by atoms with Crippen molar-refractivity contribution in [3.63, 3.8) is 0 Å². The van der Waals surface area contributed by atoms with Crippen LogP contribution in [-0.4, -0.2) is 0 Å². The first-order chi connectivity index (χ1) is 24.8. The molecule has 0 aliphatic rings. The van der Waals surface area contributed by atoms with Gasteiger partial charge in [0.2, 0.25) is 0 Å². The molecule has 0 N–H and O–H groups in total. The Bertz CT molecular complexity index is 2580. The first kappa shape index (κ1) is 29.9. The third kappa shape index (κ3) is 5.46. The SMILES string of the molecule is c1ccc(-c2ccccc2-c2ccccc2-c2ccccc2N(c2ccccc2)c2ccc(-c3ccc4c(c3)sc3ccccc34)cc2)cc1. The van der Waals surface area contributed by atoms with Gasteiger partial charge in [-0.2, -0.15) is 0 Å². The molecule has 0 atom stereocenters. The van der Waals surface area contributed by atoms with E-state index in [1.54, 1.807) is 0 Å². The summed E-state index contributed by atoms with van der Waals surface area (Å²) in [6, 6.07) is 72.3. The van der Waals surface area contributed by atoms with Crippen molar-refractivity contribution in [2.24, 2.45) is 0 Å². The lowest BCUT2D eigenvalue weighted by molar-refractivity contribution is 1.28. The van der Waals surface area contributed by atoms with E-state index >= 15 is 0 Å². The molecule has 1 heterocycles. The van der Waals surface area contributed by atoms with Crippen LogP contribution in [0.1, 0.15) is 0 Å². The topological polar surface area (TPSA) is 3.24 Å². The average Bonchev–Trinajstić information content (AvgIpc) is 3.57. The van der Waals surface area contributed by atoms with Gasteiger partial charge in [0.25, 0.3) is 0 Å². The van der Waals surface area contributed by atoms with E-state index in [0.717, 1.165) is 17.1 Å². The predicted molar refractivity (Wildman–Crippen MR) is 216 cm³/mol. The molecule has 1 aromatic heterocycles. The van der Waals surface area contributed by atoms with Crippen molar-refractivity contribution < 1.29 is 0 Å². The van der Waals surface area contributed by atoms with Gasteiger partial charge in [0.05, 0.1) is 5.69 Å². The molecule has 1 nitrogen and oxygen atoms in total. The zero-order chi connectivity index (χ0) is 33.3. The number of anilines is 3. The Balaban J connectivity index is 1.16. The van der Waals surface area contributed by atoms with Gasteiger partial charge in [0, 0.05) is 37.1 Å². The van der Waals surface area contributed by atoms with E-state index in [2.05, 4.69) is 205 Å². The number of rotatable bonds is 7. The molecule has 236 valence electrons. The summed E-state index contributed by atoms with van der Waals surface area (Å²) in [7, 11) is 0. The third-order valence-electron chi connectivity index (χ3n) is 9.52. The van der Waals surface area contributed by atoms with Crippen LogP contribution < -0.4 is 4.90 Å². The summed E-state index contributed by atoms with van der Waals surface area (Å²) >= 11 is 1.86. The van der Waals surface area contributed by atoms with Crippen molar-refractivity contribution in [3.05, 3.63) is 200 Å². The van der Waals surface area contributed by atoms with Crippen molar-refractivity contribution >= 4 is 48.6 Å². The fourth-order valence-electron chi connectivity index (χ4n) is 7.15. The Hall–Kier alpha value is -6.22. The van der Waals surface area contributed by atoms with Gasteiger partial charge in [-0.05, 0) is 81.4 Å². The third-order valence-corrected chi connectivity index (χ3v) is 10.6. The molecule has 2 heteroatoms. The number of hydrogen-bond acceptors (Lipinski definition) is 2. The van der Waals surface area contributed by atoms with Crippen LogP contribution in [-0.2, 0) is 0 Å². The van der Waals surface area contributed by atoms with Gasteiger partial charge in [-0.25, -0.2) is 0 Å². The second-order valence-corrected chi connectivity index (χ2v) is 13.6. The van der Waals surface area contributed by atoms with E-state index in [1.807, 2.05) is 11.3 Å². The van der Waals surface area contributed by atoms with Crippen molar-refractivity contribution in [2.75, 3.05) is 4.90 Å². The van der Waals surface area contributed by atoms with E-state index in [9.17, 15) is 0 Å². The van der Waals surface area contributed by atoms with Crippen LogP contribution in [0.15, 0.2) is 200 Å². The molecule has 8 aromatic carbocycles. The minimum Gasteiger partial charge on any atom is -0.310 e. The predicted octanol–water partition coefficient (Wildman–Crippen LogP) is 14.2. The van der Waals surface area contributed by atoms with E-state index in [1.165, 1.54) is 64.7 Å². The van der Waals surface area contributed by atoms with Crippen molar-refractivity contribution in [2.45, 2.75) is 0 Å². The Labute approximate surface area is 297 Å². The molecule has 50 heavy (non-hydrogen) atoms. The number of benzene rings is 8. The first-order valence-electron chi connectivity index (χ1n) is 17.0. The Kier molecular flexibility index (Phi) is 7.77. The lowest BCUT2D eigenvalue weighted by atomic mass is 9.88. The van der Waals surface area contributed by atoms with Gasteiger partial charge < -0.3 is 4.90 Å². The van der Waals surface area contributed by atoms with Gasteiger partial charge in [-0.3, -0.25) is 0 Å². The highest BCUT2D eigenvalue weighted by molar-refractivity contribution is 7.25. The van der Waals surface area contributed by atoms with Crippen molar-refractivity contribution in [1.29, 1.82) is 0 Å². The number of fused-ring (bicyclic) bond motifs is 3. The molecule has 0 saturated carbocycles. The van der Waals surface area contributed by atoms with Gasteiger partial charge in [0.15, 0.2) is 0 Å². The van der Waals surface area contributed by atoms with Crippen LogP contribution in [0.3, 0.4) is 0 Å². The number of hydrogen-bond donors (Lipinski definition) is 0. The number of thiophene rings is 1. The van der Waals surface area contributed by atoms with Crippen LogP contribution >= 0.6 is 11.3 Å². The first-order valence-corrected chi connectivity index (χ1v) is 17.8. The fourth-order valence-corrected chi connectivity index (χ4v) is 8.29. The lowest BCUT2D eigenvalue weighted by Crippen LogP contribution is -2.11. The van der Waals surface area contributed by atoms with Crippen molar-refractivity contribution in [3.8, 4) is 44.5 Å². The molecule has 0 fully saturated rings. The van der Waals surface area contributed by atoms with E-state index < -0.39 is 0 Å². The summed E-state index contributed by atoms with van der Waals surface area (Å²) in [6.45, 7) is 0. The van der Waals surface area contributed by atoms with E-state index in [4.69, 9.17) is 0 Å². The van der Waals surface area contributed by atoms with Gasteiger partial charge in [-0.1, -0.05) is 158 Å². The molecule has 0 saturated heterocycles. The molecule has 0 spiro atoms. The summed E-state index contributed by atoms with van der Waals surface area (Å²) in [5.41, 5.74) is 13.0. The monoisotopic (exact) mass is 655 g/mol. The van der Waals surface area contributed by atoms with Gasteiger partial charge in [0.1, 0.15) is 0 Å². The molecule has 0 unspecified atom stereocenters. The fraction of sp³-hybridized carbons (Fsp3) is 0. The standard InChI is InChI=1S/C48H33NS/c1-3-15-35(16-4-1)39-19-7-8-20-40(39)41-21-9-10-22-42(41)43-23-11-13-25-46(43)49(37-17-5-2-6-18-37)38-30-27-34(28-31-38)36-29-32-45-44-24-12-14-26-47(44)50-48(45)33-36/h1-33H. The normalized spacial score (nSPS) is 11.2. The molecule has 0 bridgehead atoms. The Morgan fingerprint density at radius 3 is 1.54 bits per heavy atom. The van der Waals surface area contributed by atoms with Crippen LogP contribution in [0.5, 0.6) is 0 Å². The zero-order valence-corrected chi connectivity index (χ0v) is 28.2. The molecule has 0 aliphatic heterocycles. The maximum Gasteiger partial charge on any atom is 0.0540 e. The smallest absolute Gasteiger partial charge is 0.0540 e. The Morgan fingerprint density at radius 2 is 0.800 bits per heavy atom. The zero-order valence-electron chi connectivity index (χ0n) is 27.4. The van der Waals surface area contributed by atoms with Crippen LogP contribution in [0.2, 0.25) is 0 Å². The summed E-state index contributed by atoms with van der Waals surface area (Å²) in [5, 5.41) is 2.65. The van der Waals surface area contributed by atoms with Crippen LogP contribution in [0, 0.1) is 0 Å². The maximum atomic E-state index is 2.38. The largest absolute Gasteiger partial charge is 0.310 e. The average molecular weight is 656 g/mol. The minimum absolute atomic E-state index is 1.11. The summed E-state index contributed by atoms with van der Waals surface area (Å²) in [4.78, 5) is 2.38.